The summed E-state index contributed by atoms with van der Waals surface area (Å²) in [6, 6.07) is 2.13. The van der Waals surface area contributed by atoms with Crippen molar-refractivity contribution in [1.82, 2.24) is 4.98 Å². The molecule has 1 atom stereocenters. The topological polar surface area (TPSA) is 33.1 Å². The minimum Gasteiger partial charge on any atom is -0.387 e. The highest BCUT2D eigenvalue weighted by molar-refractivity contribution is 5.28. The first-order valence-electron chi connectivity index (χ1n) is 4.41. The van der Waals surface area contributed by atoms with E-state index in [0.29, 0.717) is 0 Å². The first-order chi connectivity index (χ1) is 5.77. The summed E-state index contributed by atoms with van der Waals surface area (Å²) in [7, 11) is 0. The lowest BCUT2D eigenvalue weighted by Crippen LogP contribution is -2.11. The zero-order valence-corrected chi connectivity index (χ0v) is 7.25. The van der Waals surface area contributed by atoms with Crippen molar-refractivity contribution >= 4 is 0 Å². The number of aliphatic hydroxyl groups is 1. The van der Waals surface area contributed by atoms with E-state index in [0.717, 1.165) is 25.0 Å². The second-order valence-electron chi connectivity index (χ2n) is 3.47. The molecule has 0 saturated carbocycles. The maximum Gasteiger partial charge on any atom is 0.0962 e. The van der Waals surface area contributed by atoms with E-state index in [-0.39, 0.29) is 6.10 Å². The molecule has 1 aromatic rings. The fourth-order valence-electron chi connectivity index (χ4n) is 1.76. The number of fused-ring (bicyclic) bond motifs is 1. The molecule has 1 aliphatic carbocycles. The molecule has 1 aromatic heterocycles. The highest BCUT2D eigenvalue weighted by Gasteiger charge is 2.18. The second-order valence-corrected chi connectivity index (χ2v) is 3.47. The van der Waals surface area contributed by atoms with Gasteiger partial charge in [0.25, 0.3) is 0 Å². The standard InChI is InChI=1S/C10H13NO/c1-7-5-8-3-2-4-9(12)10(8)11-6-7/h5-6,9,12H,2-4H2,1H3/t9-/m1/s1. The average molecular weight is 163 g/mol. The molecule has 0 bridgehead atoms. The van der Waals surface area contributed by atoms with Gasteiger partial charge in [0.15, 0.2) is 0 Å². The zero-order valence-electron chi connectivity index (χ0n) is 7.25. The summed E-state index contributed by atoms with van der Waals surface area (Å²) >= 11 is 0. The van der Waals surface area contributed by atoms with Gasteiger partial charge < -0.3 is 5.11 Å². The number of hydrogen-bond acceptors (Lipinski definition) is 2. The smallest absolute Gasteiger partial charge is 0.0962 e. The Morgan fingerprint density at radius 3 is 3.25 bits per heavy atom. The molecule has 0 aromatic carbocycles. The largest absolute Gasteiger partial charge is 0.387 e. The first kappa shape index (κ1) is 7.74. The molecule has 1 N–H and O–H groups in total. The van der Waals surface area contributed by atoms with Gasteiger partial charge in [0.05, 0.1) is 11.8 Å². The van der Waals surface area contributed by atoms with Crippen molar-refractivity contribution < 1.29 is 5.11 Å². The molecule has 2 rings (SSSR count). The molecule has 0 amide bonds. The molecular weight excluding hydrogens is 150 g/mol. The summed E-state index contributed by atoms with van der Waals surface area (Å²) in [6.07, 6.45) is 4.52. The van der Waals surface area contributed by atoms with Gasteiger partial charge in [-0.05, 0) is 37.3 Å². The average Bonchev–Trinajstić information content (AvgIpc) is 2.04. The van der Waals surface area contributed by atoms with Crippen LogP contribution in [-0.4, -0.2) is 10.1 Å². The van der Waals surface area contributed by atoms with Crippen LogP contribution in [0.4, 0.5) is 0 Å². The Kier molecular flexibility index (Phi) is 1.85. The maximum atomic E-state index is 9.59. The second kappa shape index (κ2) is 2.87. The number of nitrogens with zero attached hydrogens (tertiary/aromatic N) is 1. The van der Waals surface area contributed by atoms with Gasteiger partial charge in [-0.15, -0.1) is 0 Å². The van der Waals surface area contributed by atoms with E-state index in [9.17, 15) is 5.11 Å². The van der Waals surface area contributed by atoms with Crippen LogP contribution in [-0.2, 0) is 6.42 Å². The number of aliphatic hydroxyl groups excluding tert-OH is 1. The van der Waals surface area contributed by atoms with Crippen LogP contribution in [0.5, 0.6) is 0 Å². The number of rotatable bonds is 0. The molecule has 0 unspecified atom stereocenters. The van der Waals surface area contributed by atoms with Crippen LogP contribution in [0, 0.1) is 6.92 Å². The highest BCUT2D eigenvalue weighted by atomic mass is 16.3. The van der Waals surface area contributed by atoms with Gasteiger partial charge >= 0.3 is 0 Å². The van der Waals surface area contributed by atoms with Gasteiger partial charge in [0.2, 0.25) is 0 Å². The predicted molar refractivity (Wildman–Crippen MR) is 46.9 cm³/mol. The van der Waals surface area contributed by atoms with Gasteiger partial charge in [0, 0.05) is 6.20 Å². The van der Waals surface area contributed by atoms with Crippen molar-refractivity contribution in [2.75, 3.05) is 0 Å². The van der Waals surface area contributed by atoms with E-state index < -0.39 is 0 Å². The Hall–Kier alpha value is -0.890. The van der Waals surface area contributed by atoms with Crippen molar-refractivity contribution in [3.05, 3.63) is 29.1 Å². The molecule has 1 heterocycles. The maximum absolute atomic E-state index is 9.59. The Balaban J connectivity index is 2.46. The van der Waals surface area contributed by atoms with E-state index >= 15 is 0 Å². The fourth-order valence-corrected chi connectivity index (χ4v) is 1.76. The van der Waals surface area contributed by atoms with E-state index in [1.165, 1.54) is 11.1 Å². The summed E-state index contributed by atoms with van der Waals surface area (Å²) in [5, 5.41) is 9.59. The van der Waals surface area contributed by atoms with Gasteiger partial charge in [0.1, 0.15) is 0 Å². The van der Waals surface area contributed by atoms with E-state index in [1.54, 1.807) is 0 Å². The molecule has 0 aliphatic heterocycles. The monoisotopic (exact) mass is 163 g/mol. The summed E-state index contributed by atoms with van der Waals surface area (Å²) in [5.41, 5.74) is 3.31. The normalized spacial score (nSPS) is 22.0. The number of aryl methyl sites for hydroxylation is 2. The molecule has 0 radical (unpaired) electrons. The van der Waals surface area contributed by atoms with Crippen LogP contribution < -0.4 is 0 Å². The minimum absolute atomic E-state index is 0.325. The summed E-state index contributed by atoms with van der Waals surface area (Å²) < 4.78 is 0. The molecule has 0 fully saturated rings. The molecular formula is C10H13NO. The zero-order chi connectivity index (χ0) is 8.55. The van der Waals surface area contributed by atoms with Crippen LogP contribution >= 0.6 is 0 Å². The highest BCUT2D eigenvalue weighted by Crippen LogP contribution is 2.27. The molecule has 2 heteroatoms. The molecule has 1 aliphatic rings. The van der Waals surface area contributed by atoms with Crippen LogP contribution in [0.15, 0.2) is 12.3 Å². The fraction of sp³-hybridized carbons (Fsp3) is 0.500. The van der Waals surface area contributed by atoms with Crippen LogP contribution in [0.1, 0.15) is 35.8 Å². The van der Waals surface area contributed by atoms with Gasteiger partial charge in [-0.2, -0.15) is 0 Å². The molecule has 64 valence electrons. The lowest BCUT2D eigenvalue weighted by molar-refractivity contribution is 0.151. The van der Waals surface area contributed by atoms with Gasteiger partial charge in [-0.1, -0.05) is 6.07 Å². The van der Waals surface area contributed by atoms with Crippen molar-refractivity contribution in [2.24, 2.45) is 0 Å². The lowest BCUT2D eigenvalue weighted by atomic mass is 9.93. The third-order valence-electron chi connectivity index (χ3n) is 2.38. The lowest BCUT2D eigenvalue weighted by Gasteiger charge is -2.19. The van der Waals surface area contributed by atoms with E-state index in [2.05, 4.69) is 11.1 Å². The Bertz CT molecular complexity index is 296. The SMILES string of the molecule is Cc1cnc2c(c1)CCC[C@H]2O. The number of pyridine rings is 1. The van der Waals surface area contributed by atoms with Crippen molar-refractivity contribution in [2.45, 2.75) is 32.3 Å². The first-order valence-corrected chi connectivity index (χ1v) is 4.41. The molecule has 0 spiro atoms. The summed E-state index contributed by atoms with van der Waals surface area (Å²) in [4.78, 5) is 4.25. The summed E-state index contributed by atoms with van der Waals surface area (Å²) in [5.74, 6) is 0. The summed E-state index contributed by atoms with van der Waals surface area (Å²) in [6.45, 7) is 2.04. The van der Waals surface area contributed by atoms with Crippen LogP contribution in [0.3, 0.4) is 0 Å². The quantitative estimate of drug-likeness (QED) is 0.632. The van der Waals surface area contributed by atoms with Crippen LogP contribution in [0.25, 0.3) is 0 Å². The van der Waals surface area contributed by atoms with Crippen LogP contribution in [0.2, 0.25) is 0 Å². The Morgan fingerprint density at radius 2 is 2.42 bits per heavy atom. The predicted octanol–water partition coefficient (Wildman–Crippen LogP) is 1.76. The number of hydrogen-bond donors (Lipinski definition) is 1. The van der Waals surface area contributed by atoms with Crippen molar-refractivity contribution in [1.29, 1.82) is 0 Å². The number of aromatic nitrogens is 1. The van der Waals surface area contributed by atoms with Gasteiger partial charge in [-0.3, -0.25) is 4.98 Å². The third kappa shape index (κ3) is 1.23. The Morgan fingerprint density at radius 1 is 1.58 bits per heavy atom. The molecule has 2 nitrogen and oxygen atoms in total. The van der Waals surface area contributed by atoms with Crippen molar-refractivity contribution in [3.8, 4) is 0 Å². The van der Waals surface area contributed by atoms with Crippen molar-refractivity contribution in [3.63, 3.8) is 0 Å². The van der Waals surface area contributed by atoms with E-state index in [1.807, 2.05) is 13.1 Å². The molecule has 0 saturated heterocycles. The minimum atomic E-state index is -0.325. The Labute approximate surface area is 72.3 Å². The van der Waals surface area contributed by atoms with Gasteiger partial charge in [-0.25, -0.2) is 0 Å². The third-order valence-corrected chi connectivity index (χ3v) is 2.38. The molecule has 12 heavy (non-hydrogen) atoms. The van der Waals surface area contributed by atoms with E-state index in [4.69, 9.17) is 0 Å².